The molecule has 0 bridgehead atoms. The Morgan fingerprint density at radius 3 is 3.00 bits per heavy atom. The Bertz CT molecular complexity index is 426. The third-order valence-electron chi connectivity index (χ3n) is 2.26. The highest BCUT2D eigenvalue weighted by atomic mass is 79.9. The maximum atomic E-state index is 9.26. The van der Waals surface area contributed by atoms with Crippen molar-refractivity contribution >= 4 is 15.9 Å². The van der Waals surface area contributed by atoms with Crippen LogP contribution in [0.1, 0.15) is 24.0 Å². The molecule has 0 saturated carbocycles. The molecule has 16 heavy (non-hydrogen) atoms. The molecule has 0 spiro atoms. The van der Waals surface area contributed by atoms with Crippen LogP contribution in [-0.4, -0.2) is 11.2 Å². The van der Waals surface area contributed by atoms with Crippen LogP contribution in [0.4, 0.5) is 0 Å². The van der Waals surface area contributed by atoms with Gasteiger partial charge < -0.3 is 5.11 Å². The summed E-state index contributed by atoms with van der Waals surface area (Å²) in [6.45, 7) is 5.56. The van der Waals surface area contributed by atoms with E-state index in [9.17, 15) is 5.11 Å². The molecule has 0 aromatic heterocycles. The predicted molar refractivity (Wildman–Crippen MR) is 71.2 cm³/mol. The van der Waals surface area contributed by atoms with Crippen LogP contribution in [0, 0.1) is 18.8 Å². The Kier molecular flexibility index (Phi) is 5.31. The highest BCUT2D eigenvalue weighted by Crippen LogP contribution is 2.15. The van der Waals surface area contributed by atoms with Crippen LogP contribution in [0.5, 0.6) is 0 Å². The summed E-state index contributed by atoms with van der Waals surface area (Å²) >= 11 is 3.42. The average Bonchev–Trinajstić information content (AvgIpc) is 2.28. The number of rotatable bonds is 3. The lowest BCUT2D eigenvalue weighted by Crippen LogP contribution is -1.99. The fourth-order valence-electron chi connectivity index (χ4n) is 1.22. The quantitative estimate of drug-likeness (QED) is 0.664. The number of halogens is 1. The highest BCUT2D eigenvalue weighted by Gasteiger charge is 1.96. The molecule has 1 atom stereocenters. The molecule has 0 heterocycles. The molecule has 0 unspecified atom stereocenters. The van der Waals surface area contributed by atoms with Gasteiger partial charge >= 0.3 is 0 Å². The Morgan fingerprint density at radius 1 is 1.56 bits per heavy atom. The Morgan fingerprint density at radius 2 is 2.31 bits per heavy atom. The van der Waals surface area contributed by atoms with Gasteiger partial charge in [0.1, 0.15) is 0 Å². The van der Waals surface area contributed by atoms with Crippen molar-refractivity contribution in [1.29, 1.82) is 0 Å². The second kappa shape index (κ2) is 6.52. The summed E-state index contributed by atoms with van der Waals surface area (Å²) in [6, 6.07) is 6.04. The van der Waals surface area contributed by atoms with E-state index in [4.69, 9.17) is 0 Å². The van der Waals surface area contributed by atoms with Crippen molar-refractivity contribution in [1.82, 2.24) is 0 Å². The number of hydrogen-bond donors (Lipinski definition) is 1. The third kappa shape index (κ3) is 4.22. The lowest BCUT2D eigenvalue weighted by Gasteiger charge is -2.00. The maximum absolute atomic E-state index is 9.26. The zero-order chi connectivity index (χ0) is 12.0. The largest absolute Gasteiger partial charge is 0.389 e. The van der Waals surface area contributed by atoms with Gasteiger partial charge in [0.05, 0.1) is 6.10 Å². The van der Waals surface area contributed by atoms with Gasteiger partial charge in [0, 0.05) is 16.5 Å². The molecular formula is C14H15BrO. The maximum Gasteiger partial charge on any atom is 0.0727 e. The van der Waals surface area contributed by atoms with Crippen LogP contribution in [0.2, 0.25) is 0 Å². The molecule has 1 nitrogen and oxygen atoms in total. The normalized spacial score (nSPS) is 11.4. The first-order chi connectivity index (χ1) is 7.63. The second-order valence-electron chi connectivity index (χ2n) is 3.60. The Labute approximate surface area is 105 Å². The third-order valence-corrected chi connectivity index (χ3v) is 2.75. The van der Waals surface area contributed by atoms with E-state index in [2.05, 4.69) is 34.3 Å². The molecule has 0 aliphatic heterocycles. The van der Waals surface area contributed by atoms with E-state index in [0.717, 1.165) is 10.0 Å². The number of hydrogen-bond acceptors (Lipinski definition) is 1. The summed E-state index contributed by atoms with van der Waals surface area (Å²) in [5.41, 5.74) is 2.20. The van der Waals surface area contributed by atoms with Crippen LogP contribution in [0.15, 0.2) is 35.3 Å². The molecule has 0 aliphatic rings. The van der Waals surface area contributed by atoms with E-state index in [1.807, 2.05) is 25.1 Å². The fraction of sp³-hybridized carbons (Fsp3) is 0.286. The van der Waals surface area contributed by atoms with E-state index < -0.39 is 6.10 Å². The fourth-order valence-corrected chi connectivity index (χ4v) is 1.59. The molecule has 1 rings (SSSR count). The van der Waals surface area contributed by atoms with Gasteiger partial charge in [-0.3, -0.25) is 0 Å². The molecule has 84 valence electrons. The molecule has 0 saturated heterocycles. The van der Waals surface area contributed by atoms with E-state index in [1.165, 1.54) is 11.6 Å². The Balaban J connectivity index is 2.62. The molecule has 0 radical (unpaired) electrons. The van der Waals surface area contributed by atoms with Crippen LogP contribution >= 0.6 is 15.9 Å². The monoisotopic (exact) mass is 278 g/mol. The van der Waals surface area contributed by atoms with E-state index in [1.54, 1.807) is 0 Å². The van der Waals surface area contributed by atoms with Crippen LogP contribution in [0.3, 0.4) is 0 Å². The predicted octanol–water partition coefficient (Wildman–Crippen LogP) is 3.44. The summed E-state index contributed by atoms with van der Waals surface area (Å²) < 4.78 is 1.04. The van der Waals surface area contributed by atoms with Gasteiger partial charge in [-0.25, -0.2) is 0 Å². The highest BCUT2D eigenvalue weighted by molar-refractivity contribution is 9.10. The number of aryl methyl sites for hydroxylation is 1. The molecule has 2 heteroatoms. The Hall–Kier alpha value is -1.04. The number of benzene rings is 1. The first-order valence-electron chi connectivity index (χ1n) is 5.19. The van der Waals surface area contributed by atoms with E-state index >= 15 is 0 Å². The molecular weight excluding hydrogens is 264 g/mol. The lowest BCUT2D eigenvalue weighted by molar-refractivity contribution is 0.215. The van der Waals surface area contributed by atoms with Crippen molar-refractivity contribution in [3.05, 3.63) is 46.5 Å². The molecule has 1 N–H and O–H groups in total. The zero-order valence-corrected chi connectivity index (χ0v) is 10.9. The van der Waals surface area contributed by atoms with Gasteiger partial charge in [0.25, 0.3) is 0 Å². The van der Waals surface area contributed by atoms with Crippen molar-refractivity contribution in [2.75, 3.05) is 0 Å². The van der Waals surface area contributed by atoms with Crippen molar-refractivity contribution in [2.24, 2.45) is 0 Å². The molecule has 0 aliphatic carbocycles. The van der Waals surface area contributed by atoms with Gasteiger partial charge in [-0.1, -0.05) is 39.9 Å². The molecule has 1 aromatic rings. The van der Waals surface area contributed by atoms with Crippen molar-refractivity contribution in [3.63, 3.8) is 0 Å². The van der Waals surface area contributed by atoms with Crippen molar-refractivity contribution in [3.8, 4) is 11.8 Å². The van der Waals surface area contributed by atoms with Gasteiger partial charge in [0.15, 0.2) is 0 Å². The first kappa shape index (κ1) is 13.0. The number of aliphatic hydroxyl groups excluding tert-OH is 1. The average molecular weight is 279 g/mol. The van der Waals surface area contributed by atoms with E-state index in [-0.39, 0.29) is 0 Å². The van der Waals surface area contributed by atoms with Crippen molar-refractivity contribution < 1.29 is 5.11 Å². The molecule has 0 fully saturated rings. The summed E-state index contributed by atoms with van der Waals surface area (Å²) in [5, 5.41) is 9.26. The van der Waals surface area contributed by atoms with Crippen LogP contribution in [-0.2, 0) is 0 Å². The van der Waals surface area contributed by atoms with Gasteiger partial charge in [-0.2, -0.15) is 0 Å². The van der Waals surface area contributed by atoms with Gasteiger partial charge in [0.2, 0.25) is 0 Å². The number of aliphatic hydroxyl groups is 1. The van der Waals surface area contributed by atoms with E-state index in [0.29, 0.717) is 12.8 Å². The topological polar surface area (TPSA) is 20.2 Å². The van der Waals surface area contributed by atoms with Crippen LogP contribution in [0.25, 0.3) is 0 Å². The summed E-state index contributed by atoms with van der Waals surface area (Å²) in [5.74, 6) is 6.16. The minimum Gasteiger partial charge on any atom is -0.389 e. The zero-order valence-electron chi connectivity index (χ0n) is 9.33. The summed E-state index contributed by atoms with van der Waals surface area (Å²) in [4.78, 5) is 0. The van der Waals surface area contributed by atoms with Gasteiger partial charge in [-0.05, 0) is 31.0 Å². The summed E-state index contributed by atoms with van der Waals surface area (Å²) in [7, 11) is 0. The second-order valence-corrected chi connectivity index (χ2v) is 4.52. The smallest absolute Gasteiger partial charge is 0.0727 e. The first-order valence-corrected chi connectivity index (χ1v) is 5.98. The van der Waals surface area contributed by atoms with Crippen molar-refractivity contribution in [2.45, 2.75) is 25.9 Å². The molecule has 0 amide bonds. The lowest BCUT2D eigenvalue weighted by atomic mass is 10.1. The standard InChI is InChI=1S/C14H15BrO/c1-3-14(16)7-5-4-6-12-10-13(15)9-8-11(12)2/h3,8-10,14,16H,1,5,7H2,2H3/t14-/m1/s1. The molecule has 1 aromatic carbocycles. The van der Waals surface area contributed by atoms with Crippen LogP contribution < -0.4 is 0 Å². The summed E-state index contributed by atoms with van der Waals surface area (Å²) in [6.07, 6.45) is 2.41. The van der Waals surface area contributed by atoms with Gasteiger partial charge in [-0.15, -0.1) is 6.58 Å². The minimum absolute atomic E-state index is 0.446. The SMILES string of the molecule is C=C[C@@H](O)CCC#Cc1cc(Br)ccc1C. The minimum atomic E-state index is -0.446.